The number of rotatable bonds is 2. The Kier molecular flexibility index (Phi) is 4.16. The molecular formula is C20H32O4. The fourth-order valence-corrected chi connectivity index (χ4v) is 6.06. The third-order valence-corrected chi connectivity index (χ3v) is 7.78. The lowest BCUT2D eigenvalue weighted by Crippen LogP contribution is -2.56. The first kappa shape index (κ1) is 17.9. The number of carboxylic acids is 1. The molecule has 0 saturated heterocycles. The zero-order chi connectivity index (χ0) is 17.9. The van der Waals surface area contributed by atoms with E-state index in [0.29, 0.717) is 12.8 Å². The smallest absolute Gasteiger partial charge is 0.309 e. The molecular weight excluding hydrogens is 304 g/mol. The second-order valence-corrected chi connectivity index (χ2v) is 9.14. The van der Waals surface area contributed by atoms with E-state index in [-0.39, 0.29) is 17.3 Å². The van der Waals surface area contributed by atoms with Gasteiger partial charge in [0.25, 0.3) is 0 Å². The van der Waals surface area contributed by atoms with Crippen molar-refractivity contribution in [3.05, 3.63) is 11.1 Å². The number of aliphatic hydroxyl groups is 2. The second kappa shape index (κ2) is 5.57. The summed E-state index contributed by atoms with van der Waals surface area (Å²) in [6.45, 7) is 8.04. The van der Waals surface area contributed by atoms with Gasteiger partial charge < -0.3 is 15.3 Å². The summed E-state index contributed by atoms with van der Waals surface area (Å²) in [6, 6.07) is 0. The Morgan fingerprint density at radius 3 is 2.42 bits per heavy atom. The summed E-state index contributed by atoms with van der Waals surface area (Å²) in [5.41, 5.74) is 0.377. The Labute approximate surface area is 145 Å². The monoisotopic (exact) mass is 336 g/mol. The number of aliphatic hydroxyl groups excluding tert-OH is 1. The normalized spacial score (nSPS) is 45.8. The molecule has 0 bridgehead atoms. The fourth-order valence-electron chi connectivity index (χ4n) is 6.06. The predicted molar refractivity (Wildman–Crippen MR) is 92.5 cm³/mol. The number of fused-ring (bicyclic) bond motifs is 2. The van der Waals surface area contributed by atoms with Crippen molar-refractivity contribution >= 4 is 5.97 Å². The summed E-state index contributed by atoms with van der Waals surface area (Å²) in [4.78, 5) is 12.0. The highest BCUT2D eigenvalue weighted by Gasteiger charge is 2.58. The largest absolute Gasteiger partial charge is 0.481 e. The molecule has 3 aliphatic rings. The number of allylic oxidation sites excluding steroid dienone is 1. The highest BCUT2D eigenvalue weighted by Crippen LogP contribution is 2.62. The van der Waals surface area contributed by atoms with Gasteiger partial charge in [0.15, 0.2) is 0 Å². The van der Waals surface area contributed by atoms with E-state index in [9.17, 15) is 20.1 Å². The van der Waals surface area contributed by atoms with E-state index >= 15 is 0 Å². The van der Waals surface area contributed by atoms with Crippen LogP contribution in [0, 0.1) is 22.7 Å². The maximum absolute atomic E-state index is 12.0. The Bertz CT molecular complexity index is 580. The first-order chi connectivity index (χ1) is 11.1. The average Bonchev–Trinajstić information content (AvgIpc) is 2.50. The van der Waals surface area contributed by atoms with Crippen molar-refractivity contribution in [1.29, 1.82) is 0 Å². The first-order valence-electron chi connectivity index (χ1n) is 9.43. The number of hydrogen-bond donors (Lipinski definition) is 3. The maximum atomic E-state index is 12.0. The number of hydrogen-bond acceptors (Lipinski definition) is 3. The topological polar surface area (TPSA) is 77.8 Å². The molecule has 0 aromatic carbocycles. The van der Waals surface area contributed by atoms with Crippen molar-refractivity contribution in [1.82, 2.24) is 0 Å². The summed E-state index contributed by atoms with van der Waals surface area (Å²) < 4.78 is 0. The Morgan fingerprint density at radius 1 is 1.17 bits per heavy atom. The van der Waals surface area contributed by atoms with Gasteiger partial charge in [-0.2, -0.15) is 0 Å². The molecule has 0 radical (unpaired) electrons. The third-order valence-electron chi connectivity index (χ3n) is 7.78. The maximum Gasteiger partial charge on any atom is 0.309 e. The molecule has 0 amide bonds. The van der Waals surface area contributed by atoms with Crippen LogP contribution in [0.4, 0.5) is 0 Å². The molecule has 5 atom stereocenters. The Balaban J connectivity index is 2.04. The molecule has 1 saturated carbocycles. The van der Waals surface area contributed by atoms with Gasteiger partial charge in [-0.1, -0.05) is 32.8 Å². The van der Waals surface area contributed by atoms with Crippen LogP contribution in [0.1, 0.15) is 72.6 Å². The van der Waals surface area contributed by atoms with Gasteiger partial charge in [-0.25, -0.2) is 0 Å². The van der Waals surface area contributed by atoms with E-state index in [2.05, 4.69) is 6.92 Å². The van der Waals surface area contributed by atoms with Crippen LogP contribution in [-0.4, -0.2) is 33.0 Å². The van der Waals surface area contributed by atoms with Crippen LogP contribution >= 0.6 is 0 Å². The van der Waals surface area contributed by atoms with E-state index in [1.807, 2.05) is 20.8 Å². The number of aliphatic carboxylic acids is 1. The van der Waals surface area contributed by atoms with E-state index in [0.717, 1.165) is 37.7 Å². The van der Waals surface area contributed by atoms with Crippen molar-refractivity contribution in [3.63, 3.8) is 0 Å². The van der Waals surface area contributed by atoms with Gasteiger partial charge in [0.05, 0.1) is 11.0 Å². The van der Waals surface area contributed by atoms with Crippen molar-refractivity contribution in [2.75, 3.05) is 0 Å². The lowest BCUT2D eigenvalue weighted by Gasteiger charge is -2.57. The summed E-state index contributed by atoms with van der Waals surface area (Å²) in [5.74, 6) is -0.562. The molecule has 136 valence electrons. The van der Waals surface area contributed by atoms with Crippen molar-refractivity contribution < 1.29 is 20.1 Å². The third kappa shape index (κ3) is 2.22. The molecule has 0 aromatic heterocycles. The molecule has 0 unspecified atom stereocenters. The minimum atomic E-state index is -1.05. The van der Waals surface area contributed by atoms with E-state index in [1.54, 1.807) is 0 Å². The number of carbonyl (C=O) groups is 1. The lowest BCUT2D eigenvalue weighted by molar-refractivity contribution is -0.160. The van der Waals surface area contributed by atoms with Crippen LogP contribution in [0.15, 0.2) is 11.1 Å². The zero-order valence-electron chi connectivity index (χ0n) is 15.4. The molecule has 4 heteroatoms. The minimum absolute atomic E-state index is 0.00252. The van der Waals surface area contributed by atoms with Gasteiger partial charge >= 0.3 is 5.97 Å². The highest BCUT2D eigenvalue weighted by atomic mass is 16.4. The Morgan fingerprint density at radius 2 is 1.83 bits per heavy atom. The van der Waals surface area contributed by atoms with Crippen LogP contribution in [-0.2, 0) is 4.79 Å². The summed E-state index contributed by atoms with van der Waals surface area (Å²) in [7, 11) is 0. The van der Waals surface area contributed by atoms with Gasteiger partial charge in [0.2, 0.25) is 0 Å². The standard InChI is InChI=1S/C20H32O4/c1-12(2)20(24)11-8-14-13(16(20)21)6-7-15-18(14,3)9-5-10-19(15,4)17(22)23/h12,15-16,21,24H,5-11H2,1-4H3,(H,22,23)/t15-,16+,18-,19+,20+/m1/s1. The molecule has 0 heterocycles. The summed E-state index contributed by atoms with van der Waals surface area (Å²) in [6.07, 6.45) is 4.70. The van der Waals surface area contributed by atoms with Gasteiger partial charge in [0.1, 0.15) is 6.10 Å². The Hall–Kier alpha value is -0.870. The molecule has 1 fully saturated rings. The molecule has 24 heavy (non-hydrogen) atoms. The van der Waals surface area contributed by atoms with Gasteiger partial charge in [-0.3, -0.25) is 4.79 Å². The quantitative estimate of drug-likeness (QED) is 0.674. The van der Waals surface area contributed by atoms with Crippen LogP contribution in [0.25, 0.3) is 0 Å². The molecule has 0 spiro atoms. The first-order valence-corrected chi connectivity index (χ1v) is 9.43. The predicted octanol–water partition coefficient (Wildman–Crippen LogP) is 3.52. The van der Waals surface area contributed by atoms with Gasteiger partial charge in [-0.05, 0) is 68.3 Å². The minimum Gasteiger partial charge on any atom is -0.481 e. The molecule has 3 aliphatic carbocycles. The van der Waals surface area contributed by atoms with Crippen LogP contribution in [0.5, 0.6) is 0 Å². The summed E-state index contributed by atoms with van der Waals surface area (Å²) >= 11 is 0. The van der Waals surface area contributed by atoms with E-state index in [4.69, 9.17) is 0 Å². The van der Waals surface area contributed by atoms with Crippen LogP contribution in [0.3, 0.4) is 0 Å². The van der Waals surface area contributed by atoms with Crippen LogP contribution in [0.2, 0.25) is 0 Å². The zero-order valence-corrected chi connectivity index (χ0v) is 15.4. The SMILES string of the molecule is CC(C)[C@@]1(O)CCC2=C(CC[C@H]3[C@@](C)(C(=O)O)CCC[C@]23C)[C@@H]1O. The molecule has 0 aliphatic heterocycles. The van der Waals surface area contributed by atoms with Gasteiger partial charge in [-0.15, -0.1) is 0 Å². The molecule has 0 aromatic rings. The number of carboxylic acid groups (broad SMARTS) is 1. The lowest BCUT2D eigenvalue weighted by atomic mass is 9.47. The second-order valence-electron chi connectivity index (χ2n) is 9.14. The average molecular weight is 336 g/mol. The van der Waals surface area contributed by atoms with Crippen molar-refractivity contribution in [3.8, 4) is 0 Å². The van der Waals surface area contributed by atoms with E-state index in [1.165, 1.54) is 5.57 Å². The van der Waals surface area contributed by atoms with Crippen LogP contribution < -0.4 is 0 Å². The van der Waals surface area contributed by atoms with Crippen molar-refractivity contribution in [2.45, 2.75) is 84.3 Å². The summed E-state index contributed by atoms with van der Waals surface area (Å²) in [5, 5.41) is 31.7. The molecule has 4 nitrogen and oxygen atoms in total. The fraction of sp³-hybridized carbons (Fsp3) is 0.850. The van der Waals surface area contributed by atoms with Gasteiger partial charge in [0, 0.05) is 0 Å². The van der Waals surface area contributed by atoms with E-state index < -0.39 is 23.1 Å². The van der Waals surface area contributed by atoms with Crippen molar-refractivity contribution in [2.24, 2.45) is 22.7 Å². The molecule has 3 rings (SSSR count). The highest BCUT2D eigenvalue weighted by molar-refractivity contribution is 5.75. The molecule has 3 N–H and O–H groups in total.